The van der Waals surface area contributed by atoms with E-state index in [0.29, 0.717) is 11.7 Å². The molecule has 21 heavy (non-hydrogen) atoms. The maximum atomic E-state index is 12.1. The zero-order valence-corrected chi connectivity index (χ0v) is 11.2. The second-order valence-corrected chi connectivity index (χ2v) is 5.53. The molecule has 1 aliphatic carbocycles. The highest BCUT2D eigenvalue weighted by Crippen LogP contribution is 2.48. The van der Waals surface area contributed by atoms with Crippen LogP contribution in [0.2, 0.25) is 0 Å². The van der Waals surface area contributed by atoms with Crippen molar-refractivity contribution < 1.29 is 24.0 Å². The average molecular weight is 287 g/mol. The third-order valence-corrected chi connectivity index (χ3v) is 4.30. The van der Waals surface area contributed by atoms with Gasteiger partial charge in [-0.3, -0.25) is 9.59 Å². The molecule has 0 unspecified atom stereocenters. The summed E-state index contributed by atoms with van der Waals surface area (Å²) in [5.74, 6) is -1.92. The molecule has 0 aromatic heterocycles. The molecular formula is C15H13NO5. The van der Waals surface area contributed by atoms with Gasteiger partial charge < -0.3 is 9.57 Å². The highest BCUT2D eigenvalue weighted by Gasteiger charge is 2.59. The number of benzene rings is 1. The van der Waals surface area contributed by atoms with Crippen molar-refractivity contribution in [2.24, 2.45) is 11.8 Å². The molecule has 0 N–H and O–H groups in total. The van der Waals surface area contributed by atoms with Crippen LogP contribution in [0.3, 0.4) is 0 Å². The van der Waals surface area contributed by atoms with E-state index in [0.717, 1.165) is 12.8 Å². The van der Waals surface area contributed by atoms with E-state index in [-0.39, 0.29) is 29.1 Å². The molecule has 1 saturated carbocycles. The van der Waals surface area contributed by atoms with Gasteiger partial charge in [-0.15, -0.1) is 0 Å². The molecule has 6 nitrogen and oxygen atoms in total. The highest BCUT2D eigenvalue weighted by atomic mass is 16.7. The van der Waals surface area contributed by atoms with E-state index < -0.39 is 17.8 Å². The first-order chi connectivity index (χ1) is 10.2. The minimum atomic E-state index is -0.589. The zero-order chi connectivity index (χ0) is 14.6. The maximum Gasteiger partial charge on any atom is 0.339 e. The molecule has 1 saturated heterocycles. The van der Waals surface area contributed by atoms with Crippen LogP contribution in [-0.2, 0) is 14.4 Å². The Kier molecular flexibility index (Phi) is 2.62. The molecule has 2 heterocycles. The largest absolute Gasteiger partial charge is 0.377 e. The van der Waals surface area contributed by atoms with Gasteiger partial charge in [0.15, 0.2) is 0 Å². The molecule has 1 aromatic rings. The molecule has 0 bridgehead atoms. The van der Waals surface area contributed by atoms with Crippen molar-refractivity contribution >= 4 is 17.8 Å². The van der Waals surface area contributed by atoms with Gasteiger partial charge >= 0.3 is 5.97 Å². The van der Waals surface area contributed by atoms with Gasteiger partial charge in [0.25, 0.3) is 11.8 Å². The van der Waals surface area contributed by atoms with Gasteiger partial charge in [-0.2, -0.15) is 0 Å². The van der Waals surface area contributed by atoms with Gasteiger partial charge in [-0.1, -0.05) is 17.2 Å². The van der Waals surface area contributed by atoms with Crippen LogP contribution in [0.25, 0.3) is 0 Å². The molecule has 2 amide bonds. The lowest BCUT2D eigenvalue weighted by Gasteiger charge is -2.12. The number of hydrogen-bond donors (Lipinski definition) is 0. The van der Waals surface area contributed by atoms with Gasteiger partial charge in [-0.25, -0.2) is 4.79 Å². The SMILES string of the molecule is O=C(ON1C(=O)c2ccccc2C1=O)[C@@H]1[C@H]2CCCO[C@H]21. The number of fused-ring (bicyclic) bond motifs is 2. The van der Waals surface area contributed by atoms with Crippen molar-refractivity contribution in [2.45, 2.75) is 18.9 Å². The average Bonchev–Trinajstić information content (AvgIpc) is 3.20. The quantitative estimate of drug-likeness (QED) is 0.763. The summed E-state index contributed by atoms with van der Waals surface area (Å²) < 4.78 is 5.48. The standard InChI is InChI=1S/C15H13NO5/c17-13-8-4-1-2-5-9(8)14(18)16(13)21-15(19)11-10-6-3-7-20-12(10)11/h1-2,4-5,10-12H,3,6-7H2/t10-,11-,12-/m1/s1. The van der Waals surface area contributed by atoms with Crippen molar-refractivity contribution in [3.8, 4) is 0 Å². The number of carbonyl (C=O) groups excluding carboxylic acids is 3. The van der Waals surface area contributed by atoms with Gasteiger partial charge in [0, 0.05) is 12.5 Å². The maximum absolute atomic E-state index is 12.1. The fourth-order valence-corrected chi connectivity index (χ4v) is 3.16. The van der Waals surface area contributed by atoms with Crippen molar-refractivity contribution in [2.75, 3.05) is 6.61 Å². The van der Waals surface area contributed by atoms with Crippen LogP contribution >= 0.6 is 0 Å². The highest BCUT2D eigenvalue weighted by molar-refractivity contribution is 6.20. The molecule has 108 valence electrons. The first-order valence-corrected chi connectivity index (χ1v) is 6.99. The predicted octanol–water partition coefficient (Wildman–Crippen LogP) is 1.17. The smallest absolute Gasteiger partial charge is 0.339 e. The van der Waals surface area contributed by atoms with E-state index >= 15 is 0 Å². The lowest BCUT2D eigenvalue weighted by atomic mass is 10.1. The number of imide groups is 1. The van der Waals surface area contributed by atoms with Crippen molar-refractivity contribution in [3.05, 3.63) is 35.4 Å². The minimum absolute atomic E-state index is 0.110. The monoisotopic (exact) mass is 287 g/mol. The third kappa shape index (κ3) is 1.79. The minimum Gasteiger partial charge on any atom is -0.377 e. The molecule has 6 heteroatoms. The zero-order valence-electron chi connectivity index (χ0n) is 11.2. The van der Waals surface area contributed by atoms with E-state index in [4.69, 9.17) is 9.57 Å². The molecule has 2 aliphatic heterocycles. The van der Waals surface area contributed by atoms with Crippen LogP contribution in [0.4, 0.5) is 0 Å². The van der Waals surface area contributed by atoms with E-state index in [9.17, 15) is 14.4 Å². The fraction of sp³-hybridized carbons (Fsp3) is 0.400. The third-order valence-electron chi connectivity index (χ3n) is 4.30. The lowest BCUT2D eigenvalue weighted by Crippen LogP contribution is -2.33. The van der Waals surface area contributed by atoms with Crippen molar-refractivity contribution in [1.82, 2.24) is 5.06 Å². The van der Waals surface area contributed by atoms with Crippen LogP contribution < -0.4 is 0 Å². The summed E-state index contributed by atoms with van der Waals surface area (Å²) in [5.41, 5.74) is 0.527. The molecule has 2 fully saturated rings. The summed E-state index contributed by atoms with van der Waals surface area (Å²) in [7, 11) is 0. The van der Waals surface area contributed by atoms with Gasteiger partial charge in [0.2, 0.25) is 0 Å². The Morgan fingerprint density at radius 1 is 1.19 bits per heavy atom. The Balaban J connectivity index is 1.50. The van der Waals surface area contributed by atoms with Crippen molar-refractivity contribution in [3.63, 3.8) is 0 Å². The molecule has 1 aromatic carbocycles. The molecular weight excluding hydrogens is 274 g/mol. The molecule has 0 radical (unpaired) electrons. The predicted molar refractivity (Wildman–Crippen MR) is 69.0 cm³/mol. The summed E-state index contributed by atoms with van der Waals surface area (Å²) in [6.07, 6.45) is 1.74. The summed E-state index contributed by atoms with van der Waals surface area (Å²) in [5, 5.41) is 0.567. The number of hydrogen-bond acceptors (Lipinski definition) is 5. The van der Waals surface area contributed by atoms with Crippen LogP contribution in [0.1, 0.15) is 33.6 Å². The number of ether oxygens (including phenoxy) is 1. The lowest BCUT2D eigenvalue weighted by molar-refractivity contribution is -0.171. The van der Waals surface area contributed by atoms with E-state index in [1.54, 1.807) is 24.3 Å². The molecule has 3 atom stereocenters. The van der Waals surface area contributed by atoms with Gasteiger partial charge in [0.1, 0.15) is 0 Å². The second kappa shape index (κ2) is 4.39. The number of amides is 2. The summed E-state index contributed by atoms with van der Waals surface area (Å²) in [4.78, 5) is 41.4. The fourth-order valence-electron chi connectivity index (χ4n) is 3.16. The summed E-state index contributed by atoms with van der Waals surface area (Å²) in [6.45, 7) is 0.651. The summed E-state index contributed by atoms with van der Waals surface area (Å²) in [6, 6.07) is 6.42. The Bertz CT molecular complexity index is 608. The Morgan fingerprint density at radius 2 is 1.86 bits per heavy atom. The molecule has 4 rings (SSSR count). The first kappa shape index (κ1) is 12.5. The van der Waals surface area contributed by atoms with Gasteiger partial charge in [-0.05, 0) is 25.0 Å². The second-order valence-electron chi connectivity index (χ2n) is 5.53. The van der Waals surface area contributed by atoms with Crippen LogP contribution in [0.15, 0.2) is 24.3 Å². The van der Waals surface area contributed by atoms with Crippen LogP contribution in [-0.4, -0.2) is 35.6 Å². The number of rotatable bonds is 2. The normalized spacial score (nSPS) is 29.9. The van der Waals surface area contributed by atoms with Crippen LogP contribution in [0, 0.1) is 11.8 Å². The Labute approximate surface area is 120 Å². The number of hydroxylamine groups is 2. The van der Waals surface area contributed by atoms with Crippen LogP contribution in [0.5, 0.6) is 0 Å². The van der Waals surface area contributed by atoms with E-state index in [1.165, 1.54) is 0 Å². The number of nitrogens with zero attached hydrogens (tertiary/aromatic N) is 1. The Morgan fingerprint density at radius 3 is 2.43 bits per heavy atom. The van der Waals surface area contributed by atoms with Crippen molar-refractivity contribution in [1.29, 1.82) is 0 Å². The molecule has 3 aliphatic rings. The topological polar surface area (TPSA) is 72.9 Å². The first-order valence-electron chi connectivity index (χ1n) is 6.99. The van der Waals surface area contributed by atoms with Gasteiger partial charge in [0.05, 0.1) is 23.1 Å². The van der Waals surface area contributed by atoms with E-state index in [1.807, 2.05) is 0 Å². The summed E-state index contributed by atoms with van der Waals surface area (Å²) >= 11 is 0. The van der Waals surface area contributed by atoms with E-state index in [2.05, 4.69) is 0 Å². The Hall–Kier alpha value is -2.21. The number of carbonyl (C=O) groups is 3. The molecule has 0 spiro atoms.